The van der Waals surface area contributed by atoms with Crippen molar-refractivity contribution in [2.24, 2.45) is 5.92 Å². The van der Waals surface area contributed by atoms with Gasteiger partial charge in [-0.05, 0) is 43.5 Å². The highest BCUT2D eigenvalue weighted by Crippen LogP contribution is 2.33. The lowest BCUT2D eigenvalue weighted by atomic mass is 9.90. The normalized spacial score (nSPS) is 22.9. The Labute approximate surface area is 154 Å². The molecule has 1 aliphatic heterocycles. The first-order chi connectivity index (χ1) is 12.4. The fourth-order valence-corrected chi connectivity index (χ4v) is 3.27. The third kappa shape index (κ3) is 4.23. The third-order valence-electron chi connectivity index (χ3n) is 5.02. The van der Waals surface area contributed by atoms with Crippen LogP contribution in [-0.4, -0.2) is 64.7 Å². The first-order valence-corrected chi connectivity index (χ1v) is 8.47. The van der Waals surface area contributed by atoms with E-state index in [9.17, 15) is 32.3 Å². The van der Waals surface area contributed by atoms with E-state index in [0.717, 1.165) is 4.90 Å². The van der Waals surface area contributed by atoms with Gasteiger partial charge in [-0.15, -0.1) is 0 Å². The molecule has 1 heterocycles. The number of likely N-dealkylation sites (tertiary alicyclic amines) is 1. The number of amides is 2. The molecule has 2 rings (SSSR count). The molecule has 150 valence electrons. The third-order valence-corrected chi connectivity index (χ3v) is 5.02. The molecule has 0 aliphatic carbocycles. The number of benzene rings is 1. The zero-order chi connectivity index (χ0) is 20.6. The van der Waals surface area contributed by atoms with Crippen LogP contribution in [0.5, 0.6) is 0 Å². The number of aliphatic hydroxyl groups is 1. The summed E-state index contributed by atoms with van der Waals surface area (Å²) in [5.74, 6) is -2.51. The number of nitrogens with zero attached hydrogens (tertiary/aromatic N) is 2. The molecule has 1 N–H and O–H groups in total. The summed E-state index contributed by atoms with van der Waals surface area (Å²) < 4.78 is 51.7. The fraction of sp³-hybridized carbons (Fsp3) is 0.556. The summed E-state index contributed by atoms with van der Waals surface area (Å²) in [6.07, 6.45) is -4.80. The molecule has 0 radical (unpaired) electrons. The van der Waals surface area contributed by atoms with Crippen LogP contribution in [0.1, 0.15) is 30.6 Å². The Hall–Kier alpha value is -2.16. The van der Waals surface area contributed by atoms with Gasteiger partial charge < -0.3 is 14.9 Å². The van der Waals surface area contributed by atoms with Gasteiger partial charge in [0.1, 0.15) is 5.82 Å². The summed E-state index contributed by atoms with van der Waals surface area (Å²) in [7, 11) is 1.57. The zero-order valence-corrected chi connectivity index (χ0v) is 15.3. The maximum Gasteiger partial charge on any atom is 0.426 e. The van der Waals surface area contributed by atoms with Gasteiger partial charge in [0, 0.05) is 31.7 Å². The van der Waals surface area contributed by atoms with Crippen molar-refractivity contribution in [1.29, 1.82) is 0 Å². The maximum absolute atomic E-state index is 13.0. The molecule has 0 aromatic heterocycles. The topological polar surface area (TPSA) is 60.9 Å². The highest BCUT2D eigenvalue weighted by atomic mass is 19.4. The maximum atomic E-state index is 13.0. The largest absolute Gasteiger partial charge is 0.426 e. The smallest absolute Gasteiger partial charge is 0.373 e. The minimum atomic E-state index is -5.07. The Bertz CT molecular complexity index is 704. The van der Waals surface area contributed by atoms with Crippen LogP contribution in [0.2, 0.25) is 0 Å². The summed E-state index contributed by atoms with van der Waals surface area (Å²) in [5, 5.41) is 9.58. The molecule has 5 nitrogen and oxygen atoms in total. The van der Waals surface area contributed by atoms with Crippen molar-refractivity contribution in [3.63, 3.8) is 0 Å². The number of alkyl halides is 3. The molecule has 0 bridgehead atoms. The van der Waals surface area contributed by atoms with Gasteiger partial charge in [-0.3, -0.25) is 9.59 Å². The quantitative estimate of drug-likeness (QED) is 0.807. The molecule has 0 spiro atoms. The molecule has 9 heteroatoms. The second kappa shape index (κ2) is 7.46. The SMILES string of the molecule is CC1CN(C(=O)C(C)(O)C(F)(F)F)CCC1N(C)C(=O)c1ccc(F)cc1. The van der Waals surface area contributed by atoms with Crippen LogP contribution in [0.4, 0.5) is 17.6 Å². The second-order valence-corrected chi connectivity index (χ2v) is 7.08. The zero-order valence-electron chi connectivity index (χ0n) is 15.3. The van der Waals surface area contributed by atoms with Gasteiger partial charge in [0.05, 0.1) is 0 Å². The molecule has 27 heavy (non-hydrogen) atoms. The molecular formula is C18H22F4N2O3. The van der Waals surface area contributed by atoms with Crippen LogP contribution in [0.15, 0.2) is 24.3 Å². The Morgan fingerprint density at radius 3 is 2.26 bits per heavy atom. The highest BCUT2D eigenvalue weighted by Gasteiger charge is 2.57. The minimum Gasteiger partial charge on any atom is -0.373 e. The summed E-state index contributed by atoms with van der Waals surface area (Å²) >= 11 is 0. The van der Waals surface area contributed by atoms with E-state index in [0.29, 0.717) is 12.5 Å². The van der Waals surface area contributed by atoms with E-state index >= 15 is 0 Å². The summed E-state index contributed by atoms with van der Waals surface area (Å²) in [6, 6.07) is 4.76. The second-order valence-electron chi connectivity index (χ2n) is 7.08. The molecular weight excluding hydrogens is 368 g/mol. The molecule has 3 atom stereocenters. The standard InChI is InChI=1S/C18H22F4N2O3/c1-11-10-24(16(26)17(2,27)18(20,21)22)9-8-14(11)23(3)15(25)12-4-6-13(19)7-5-12/h4-7,11,14,27H,8-10H2,1-3H3. The van der Waals surface area contributed by atoms with Gasteiger partial charge >= 0.3 is 6.18 Å². The van der Waals surface area contributed by atoms with Crippen LogP contribution in [-0.2, 0) is 4.79 Å². The average molecular weight is 390 g/mol. The van der Waals surface area contributed by atoms with Gasteiger partial charge in [0.25, 0.3) is 11.8 Å². The Balaban J connectivity index is 2.07. The lowest BCUT2D eigenvalue weighted by Crippen LogP contribution is -2.60. The van der Waals surface area contributed by atoms with Crippen LogP contribution >= 0.6 is 0 Å². The molecule has 1 aromatic rings. The lowest BCUT2D eigenvalue weighted by molar-refractivity contribution is -0.251. The molecule has 1 aliphatic rings. The average Bonchev–Trinajstić information content (AvgIpc) is 2.59. The van der Waals surface area contributed by atoms with Crippen molar-refractivity contribution in [2.75, 3.05) is 20.1 Å². The van der Waals surface area contributed by atoms with Gasteiger partial charge in [-0.2, -0.15) is 13.2 Å². The predicted molar refractivity (Wildman–Crippen MR) is 89.3 cm³/mol. The molecule has 1 saturated heterocycles. The van der Waals surface area contributed by atoms with E-state index in [4.69, 9.17) is 0 Å². The summed E-state index contributed by atoms with van der Waals surface area (Å²) in [5.41, 5.74) is -3.15. The fourth-order valence-electron chi connectivity index (χ4n) is 3.27. The molecule has 0 saturated carbocycles. The van der Waals surface area contributed by atoms with Gasteiger partial charge in [-0.25, -0.2) is 4.39 Å². The first kappa shape index (κ1) is 21.1. The molecule has 3 unspecified atom stereocenters. The number of rotatable bonds is 3. The van der Waals surface area contributed by atoms with E-state index in [1.54, 1.807) is 14.0 Å². The minimum absolute atomic E-state index is 0.0128. The predicted octanol–water partition coefficient (Wildman–Crippen LogP) is 2.45. The van der Waals surface area contributed by atoms with Crippen LogP contribution in [0.25, 0.3) is 0 Å². The van der Waals surface area contributed by atoms with Crippen molar-refractivity contribution < 1.29 is 32.3 Å². The number of hydrogen-bond donors (Lipinski definition) is 1. The number of carbonyl (C=O) groups excluding carboxylic acids is 2. The molecule has 2 amide bonds. The van der Waals surface area contributed by atoms with Gasteiger partial charge in [0.2, 0.25) is 5.60 Å². The molecule has 1 fully saturated rings. The van der Waals surface area contributed by atoms with Gasteiger partial charge in [-0.1, -0.05) is 6.92 Å². The van der Waals surface area contributed by atoms with Gasteiger partial charge in [0.15, 0.2) is 0 Å². The number of piperidine rings is 1. The van der Waals surface area contributed by atoms with Crippen LogP contribution in [0, 0.1) is 11.7 Å². The van der Waals surface area contributed by atoms with E-state index < -0.39 is 23.5 Å². The van der Waals surface area contributed by atoms with Crippen molar-refractivity contribution in [3.05, 3.63) is 35.6 Å². The van der Waals surface area contributed by atoms with E-state index in [-0.39, 0.29) is 37.4 Å². The Morgan fingerprint density at radius 2 is 1.78 bits per heavy atom. The van der Waals surface area contributed by atoms with E-state index in [2.05, 4.69) is 0 Å². The number of hydrogen-bond acceptors (Lipinski definition) is 3. The summed E-state index contributed by atoms with van der Waals surface area (Å²) in [4.78, 5) is 27.1. The van der Waals surface area contributed by atoms with Crippen molar-refractivity contribution >= 4 is 11.8 Å². The summed E-state index contributed by atoms with van der Waals surface area (Å²) in [6.45, 7) is 2.13. The van der Waals surface area contributed by atoms with Crippen LogP contribution in [0.3, 0.4) is 0 Å². The number of carbonyl (C=O) groups is 2. The monoisotopic (exact) mass is 390 g/mol. The molecule has 1 aromatic carbocycles. The first-order valence-electron chi connectivity index (χ1n) is 8.47. The lowest BCUT2D eigenvalue weighted by Gasteiger charge is -2.43. The Morgan fingerprint density at radius 1 is 1.22 bits per heavy atom. The number of halogens is 4. The van der Waals surface area contributed by atoms with Crippen LogP contribution < -0.4 is 0 Å². The van der Waals surface area contributed by atoms with Crippen molar-refractivity contribution in [2.45, 2.75) is 38.1 Å². The van der Waals surface area contributed by atoms with Crippen molar-refractivity contribution in [3.8, 4) is 0 Å². The van der Waals surface area contributed by atoms with E-state index in [1.165, 1.54) is 29.2 Å². The van der Waals surface area contributed by atoms with Crippen molar-refractivity contribution in [1.82, 2.24) is 9.80 Å². The Kier molecular flexibility index (Phi) is 5.84. The van der Waals surface area contributed by atoms with E-state index in [1.807, 2.05) is 0 Å². The highest BCUT2D eigenvalue weighted by molar-refractivity contribution is 5.94.